The van der Waals surface area contributed by atoms with Crippen molar-refractivity contribution in [3.8, 4) is 0 Å². The summed E-state index contributed by atoms with van der Waals surface area (Å²) < 4.78 is 5.62. The van der Waals surface area contributed by atoms with Gasteiger partial charge in [0.25, 0.3) is 0 Å². The summed E-state index contributed by atoms with van der Waals surface area (Å²) >= 11 is 2.04. The highest BCUT2D eigenvalue weighted by Gasteiger charge is 2.21. The van der Waals surface area contributed by atoms with Gasteiger partial charge in [-0.15, -0.1) is 0 Å². The van der Waals surface area contributed by atoms with Gasteiger partial charge in [-0.1, -0.05) is 0 Å². The molecule has 1 rings (SSSR count). The van der Waals surface area contributed by atoms with Crippen LogP contribution in [0.5, 0.6) is 0 Å². The zero-order valence-electron chi connectivity index (χ0n) is 8.93. The van der Waals surface area contributed by atoms with Gasteiger partial charge in [0, 0.05) is 24.9 Å². The summed E-state index contributed by atoms with van der Waals surface area (Å²) in [5.74, 6) is 2.58. The summed E-state index contributed by atoms with van der Waals surface area (Å²) in [6, 6.07) is 0.713. The normalized spacial score (nSPS) is 23.8. The first-order chi connectivity index (χ1) is 6.14. The van der Waals surface area contributed by atoms with Gasteiger partial charge < -0.3 is 10.1 Å². The lowest BCUT2D eigenvalue weighted by Crippen LogP contribution is -2.42. The predicted octanol–water partition coefficient (Wildman–Crippen LogP) is 1.90. The molecule has 0 aliphatic carbocycles. The molecule has 0 spiro atoms. The van der Waals surface area contributed by atoms with Gasteiger partial charge in [-0.25, -0.2) is 0 Å². The van der Waals surface area contributed by atoms with Crippen molar-refractivity contribution in [2.45, 2.75) is 38.8 Å². The van der Waals surface area contributed by atoms with Crippen LogP contribution in [0.3, 0.4) is 0 Å². The minimum absolute atomic E-state index is 0.0119. The van der Waals surface area contributed by atoms with Crippen LogP contribution < -0.4 is 5.32 Å². The molecule has 0 saturated carbocycles. The minimum Gasteiger partial charge on any atom is -0.375 e. The van der Waals surface area contributed by atoms with Crippen molar-refractivity contribution in [1.82, 2.24) is 5.32 Å². The van der Waals surface area contributed by atoms with Crippen molar-refractivity contribution in [2.75, 3.05) is 24.7 Å². The van der Waals surface area contributed by atoms with Crippen LogP contribution in [0.2, 0.25) is 0 Å². The first kappa shape index (κ1) is 11.3. The van der Waals surface area contributed by atoms with E-state index in [1.807, 2.05) is 18.7 Å². The van der Waals surface area contributed by atoms with E-state index in [2.05, 4.69) is 19.2 Å². The van der Waals surface area contributed by atoms with Gasteiger partial charge in [0.2, 0.25) is 0 Å². The molecule has 0 bridgehead atoms. The minimum atomic E-state index is -0.0119. The highest BCUT2D eigenvalue weighted by atomic mass is 32.2. The molecule has 0 amide bonds. The Kier molecular flexibility index (Phi) is 4.56. The lowest BCUT2D eigenvalue weighted by atomic mass is 10.1. The first-order valence-electron chi connectivity index (χ1n) is 5.09. The molecular weight excluding hydrogens is 182 g/mol. The van der Waals surface area contributed by atoms with E-state index in [1.165, 1.54) is 17.9 Å². The van der Waals surface area contributed by atoms with Crippen LogP contribution in [0.4, 0.5) is 0 Å². The van der Waals surface area contributed by atoms with Gasteiger partial charge in [-0.3, -0.25) is 0 Å². The van der Waals surface area contributed by atoms with E-state index < -0.39 is 0 Å². The number of hydrogen-bond acceptors (Lipinski definition) is 3. The zero-order valence-corrected chi connectivity index (χ0v) is 9.75. The Bertz CT molecular complexity index is 144. The topological polar surface area (TPSA) is 21.3 Å². The van der Waals surface area contributed by atoms with Crippen LogP contribution in [0.25, 0.3) is 0 Å². The molecule has 13 heavy (non-hydrogen) atoms. The van der Waals surface area contributed by atoms with E-state index in [1.54, 1.807) is 0 Å². The number of nitrogens with one attached hydrogen (secondary N) is 1. The van der Waals surface area contributed by atoms with E-state index in [4.69, 9.17) is 4.74 Å². The highest BCUT2D eigenvalue weighted by molar-refractivity contribution is 7.99. The summed E-state index contributed by atoms with van der Waals surface area (Å²) in [6.07, 6.45) is 1.31. The second-order valence-corrected chi connectivity index (χ2v) is 5.28. The lowest BCUT2D eigenvalue weighted by molar-refractivity contribution is -0.0101. The van der Waals surface area contributed by atoms with Gasteiger partial charge in [-0.2, -0.15) is 11.8 Å². The third kappa shape index (κ3) is 4.34. The zero-order chi connectivity index (χ0) is 9.73. The van der Waals surface area contributed by atoms with Crippen molar-refractivity contribution in [3.63, 3.8) is 0 Å². The monoisotopic (exact) mass is 203 g/mol. The molecule has 1 aliphatic rings. The Balaban J connectivity index is 2.15. The summed E-state index contributed by atoms with van der Waals surface area (Å²) in [6.45, 7) is 8.10. The molecule has 1 fully saturated rings. The van der Waals surface area contributed by atoms with E-state index in [0.29, 0.717) is 6.04 Å². The Morgan fingerprint density at radius 2 is 2.31 bits per heavy atom. The molecule has 0 aromatic heterocycles. The molecule has 0 radical (unpaired) electrons. The van der Waals surface area contributed by atoms with E-state index in [-0.39, 0.29) is 5.60 Å². The summed E-state index contributed by atoms with van der Waals surface area (Å²) in [5.41, 5.74) is -0.0119. The summed E-state index contributed by atoms with van der Waals surface area (Å²) in [7, 11) is 0. The molecule has 3 heteroatoms. The van der Waals surface area contributed by atoms with Crippen molar-refractivity contribution < 1.29 is 4.74 Å². The Morgan fingerprint density at radius 1 is 1.54 bits per heavy atom. The standard InChI is InChI=1S/C10H21NOS/c1-4-12-10(2,3)8-11-9-5-6-13-7-9/h9,11H,4-8H2,1-3H3. The van der Waals surface area contributed by atoms with Crippen LogP contribution in [-0.4, -0.2) is 36.3 Å². The van der Waals surface area contributed by atoms with Crippen molar-refractivity contribution >= 4 is 11.8 Å². The Morgan fingerprint density at radius 3 is 2.85 bits per heavy atom. The highest BCUT2D eigenvalue weighted by Crippen LogP contribution is 2.18. The molecule has 1 atom stereocenters. The SMILES string of the molecule is CCOC(C)(C)CNC1CCSC1. The van der Waals surface area contributed by atoms with Crippen LogP contribution in [0.1, 0.15) is 27.2 Å². The summed E-state index contributed by atoms with van der Waals surface area (Å²) in [5, 5.41) is 3.56. The second-order valence-electron chi connectivity index (χ2n) is 4.13. The van der Waals surface area contributed by atoms with Gasteiger partial charge in [0.1, 0.15) is 0 Å². The maximum absolute atomic E-state index is 5.62. The lowest BCUT2D eigenvalue weighted by Gasteiger charge is -2.26. The molecule has 1 heterocycles. The van der Waals surface area contributed by atoms with Gasteiger partial charge in [0.15, 0.2) is 0 Å². The molecule has 1 aliphatic heterocycles. The predicted molar refractivity (Wildman–Crippen MR) is 59.4 cm³/mol. The molecule has 1 N–H and O–H groups in total. The Labute approximate surface area is 85.8 Å². The van der Waals surface area contributed by atoms with Crippen LogP contribution in [-0.2, 0) is 4.74 Å². The fraction of sp³-hybridized carbons (Fsp3) is 1.00. The number of rotatable bonds is 5. The second kappa shape index (κ2) is 5.23. The molecule has 1 unspecified atom stereocenters. The number of ether oxygens (including phenoxy) is 1. The van der Waals surface area contributed by atoms with Gasteiger partial charge in [-0.05, 0) is 32.9 Å². The van der Waals surface area contributed by atoms with E-state index in [9.17, 15) is 0 Å². The Hall–Kier alpha value is 0.270. The third-order valence-corrected chi connectivity index (χ3v) is 3.44. The van der Waals surface area contributed by atoms with E-state index in [0.717, 1.165) is 13.2 Å². The fourth-order valence-corrected chi connectivity index (χ4v) is 2.71. The first-order valence-corrected chi connectivity index (χ1v) is 6.24. The van der Waals surface area contributed by atoms with Crippen molar-refractivity contribution in [3.05, 3.63) is 0 Å². The molecule has 2 nitrogen and oxygen atoms in total. The number of hydrogen-bond donors (Lipinski definition) is 1. The smallest absolute Gasteiger partial charge is 0.0750 e. The molecule has 0 aromatic carbocycles. The van der Waals surface area contributed by atoms with Crippen LogP contribution >= 0.6 is 11.8 Å². The van der Waals surface area contributed by atoms with Gasteiger partial charge >= 0.3 is 0 Å². The van der Waals surface area contributed by atoms with E-state index >= 15 is 0 Å². The molecule has 1 saturated heterocycles. The fourth-order valence-electron chi connectivity index (χ4n) is 1.53. The molecule has 0 aromatic rings. The van der Waals surface area contributed by atoms with Crippen molar-refractivity contribution in [2.24, 2.45) is 0 Å². The van der Waals surface area contributed by atoms with Gasteiger partial charge in [0.05, 0.1) is 5.60 Å². The molecule has 78 valence electrons. The average Bonchev–Trinajstić information content (AvgIpc) is 2.52. The average molecular weight is 203 g/mol. The summed E-state index contributed by atoms with van der Waals surface area (Å²) in [4.78, 5) is 0. The van der Waals surface area contributed by atoms with Crippen LogP contribution in [0.15, 0.2) is 0 Å². The third-order valence-electron chi connectivity index (χ3n) is 2.28. The quantitative estimate of drug-likeness (QED) is 0.737. The van der Waals surface area contributed by atoms with Crippen molar-refractivity contribution in [1.29, 1.82) is 0 Å². The maximum Gasteiger partial charge on any atom is 0.0750 e. The molecular formula is C10H21NOS. The van der Waals surface area contributed by atoms with Crippen LogP contribution in [0, 0.1) is 0 Å². The number of thioether (sulfide) groups is 1. The largest absolute Gasteiger partial charge is 0.375 e. The maximum atomic E-state index is 5.62.